The highest BCUT2D eigenvalue weighted by Crippen LogP contribution is 2.35. The van der Waals surface area contributed by atoms with Crippen LogP contribution in [0.4, 0.5) is 26.1 Å². The minimum atomic E-state index is -3.58. The molecule has 13 heteroatoms. The molecule has 6 rings (SSSR count). The first kappa shape index (κ1) is 25.0. The number of carbonyl (C=O) groups excluding carboxylic acids is 1. The van der Waals surface area contributed by atoms with Crippen LogP contribution in [-0.2, 0) is 6.05 Å². The Morgan fingerprint density at radius 3 is 2.62 bits per heavy atom. The summed E-state index contributed by atoms with van der Waals surface area (Å²) in [7, 11) is 0. The molecule has 0 saturated carbocycles. The Morgan fingerprint density at radius 2 is 1.85 bits per heavy atom. The lowest BCUT2D eigenvalue weighted by Gasteiger charge is -2.20. The van der Waals surface area contributed by atoms with Crippen LogP contribution in [0.1, 0.15) is 27.7 Å². The van der Waals surface area contributed by atoms with Gasteiger partial charge < -0.3 is 20.3 Å². The largest absolute Gasteiger partial charge is 0.394 e. The van der Waals surface area contributed by atoms with Gasteiger partial charge in [-0.25, -0.2) is 9.97 Å². The molecule has 200 valence electrons. The second kappa shape index (κ2) is 10.1. The van der Waals surface area contributed by atoms with Gasteiger partial charge in [0.1, 0.15) is 17.3 Å². The lowest BCUT2D eigenvalue weighted by molar-refractivity contribution is -0.0278. The molecule has 4 N–H and O–H groups in total. The van der Waals surface area contributed by atoms with Crippen molar-refractivity contribution in [1.82, 2.24) is 30.4 Å². The van der Waals surface area contributed by atoms with Crippen LogP contribution in [-0.4, -0.2) is 42.7 Å². The number of aromatic nitrogens is 5. The average Bonchev–Trinajstić information content (AvgIpc) is 3.55. The second-order valence-electron chi connectivity index (χ2n) is 8.82. The highest BCUT2D eigenvalue weighted by Gasteiger charge is 2.45. The zero-order chi connectivity index (χ0) is 27.7. The predicted molar refractivity (Wildman–Crippen MR) is 140 cm³/mol. The molecule has 11 nitrogen and oxygen atoms in total. The van der Waals surface area contributed by atoms with E-state index in [4.69, 9.17) is 4.52 Å². The molecule has 0 bridgehead atoms. The van der Waals surface area contributed by atoms with Crippen molar-refractivity contribution in [3.05, 3.63) is 96.1 Å². The first-order valence-electron chi connectivity index (χ1n) is 12.1. The number of hydrogen-bond acceptors (Lipinski definition) is 10. The van der Waals surface area contributed by atoms with Crippen LogP contribution in [0.2, 0.25) is 0 Å². The molecule has 1 atom stereocenters. The third-order valence-electron chi connectivity index (χ3n) is 6.16. The van der Waals surface area contributed by atoms with Gasteiger partial charge in [0.25, 0.3) is 11.8 Å². The van der Waals surface area contributed by atoms with Crippen LogP contribution >= 0.6 is 0 Å². The number of benzene rings is 1. The number of hydrogen-bond donors (Lipinski definition) is 4. The summed E-state index contributed by atoms with van der Waals surface area (Å²) in [6.45, 7) is -0.234. The molecule has 1 amide bonds. The van der Waals surface area contributed by atoms with Gasteiger partial charge in [-0.05, 0) is 29.8 Å². The van der Waals surface area contributed by atoms with E-state index in [1.807, 2.05) is 30.3 Å². The van der Waals surface area contributed by atoms with Crippen LogP contribution in [0.25, 0.3) is 22.8 Å². The number of nitrogens with one attached hydrogen (secondary N) is 3. The lowest BCUT2D eigenvalue weighted by Crippen LogP contribution is -2.30. The Hall–Kier alpha value is -5.30. The molecule has 0 saturated heterocycles. The quantitative estimate of drug-likeness (QED) is 0.209. The number of nitrogens with zero attached hydrogens (tertiary/aromatic N) is 5. The molecule has 5 heterocycles. The minimum Gasteiger partial charge on any atom is -0.394 e. The van der Waals surface area contributed by atoms with Crippen LogP contribution < -0.4 is 16.0 Å². The first-order valence-corrected chi connectivity index (χ1v) is 12.1. The van der Waals surface area contributed by atoms with E-state index in [1.54, 1.807) is 35.9 Å². The van der Waals surface area contributed by atoms with Crippen LogP contribution in [0, 0.1) is 0 Å². The Labute approximate surface area is 225 Å². The number of halogens is 2. The van der Waals surface area contributed by atoms with Gasteiger partial charge in [-0.1, -0.05) is 35.5 Å². The number of aliphatic hydroxyl groups is 1. The zero-order valence-corrected chi connectivity index (χ0v) is 20.5. The number of carbonyl (C=O) groups is 1. The number of alkyl halides is 2. The molecular weight excluding hydrogens is 522 g/mol. The van der Waals surface area contributed by atoms with Gasteiger partial charge in [-0.3, -0.25) is 15.1 Å². The van der Waals surface area contributed by atoms with Crippen molar-refractivity contribution in [1.29, 1.82) is 0 Å². The molecule has 40 heavy (non-hydrogen) atoms. The van der Waals surface area contributed by atoms with Crippen LogP contribution in [0.5, 0.6) is 0 Å². The highest BCUT2D eigenvalue weighted by molar-refractivity contribution is 5.99. The van der Waals surface area contributed by atoms with E-state index in [0.717, 1.165) is 5.56 Å². The van der Waals surface area contributed by atoms with Crippen molar-refractivity contribution >= 4 is 23.2 Å². The summed E-state index contributed by atoms with van der Waals surface area (Å²) in [6, 6.07) is 13.0. The fraction of sp³-hybridized carbons (Fsp3) is 0.111. The Balaban J connectivity index is 1.36. The van der Waals surface area contributed by atoms with Gasteiger partial charge in [0.2, 0.25) is 5.82 Å². The van der Waals surface area contributed by atoms with Gasteiger partial charge in [-0.15, -0.1) is 0 Å². The molecule has 0 fully saturated rings. The van der Waals surface area contributed by atoms with Crippen LogP contribution in [0.15, 0.2) is 83.8 Å². The molecule has 4 aromatic heterocycles. The fourth-order valence-corrected chi connectivity index (χ4v) is 4.22. The summed E-state index contributed by atoms with van der Waals surface area (Å²) in [5.74, 6) is -0.112. The number of fused-ring (bicyclic) bond motifs is 1. The number of pyridine rings is 3. The Morgan fingerprint density at radius 1 is 1.00 bits per heavy atom. The fourth-order valence-electron chi connectivity index (χ4n) is 4.22. The predicted octanol–water partition coefficient (Wildman–Crippen LogP) is 4.27. The molecule has 1 aliphatic heterocycles. The van der Waals surface area contributed by atoms with Gasteiger partial charge in [0, 0.05) is 30.2 Å². The van der Waals surface area contributed by atoms with E-state index in [0.29, 0.717) is 22.6 Å². The van der Waals surface area contributed by atoms with E-state index in [-0.39, 0.29) is 29.7 Å². The van der Waals surface area contributed by atoms with Gasteiger partial charge in [-0.2, -0.15) is 13.8 Å². The first-order chi connectivity index (χ1) is 19.4. The molecule has 0 aliphatic carbocycles. The minimum absolute atomic E-state index is 0.0551. The maximum atomic E-state index is 14.2. The SMILES string of the molecule is O=C1NC(F)(F)c2nc(Nc3cc(N[C@H](CO)c4ccccc4)c(-c4nc(-c5cccnc5)no4)cn3)ccc21. The van der Waals surface area contributed by atoms with Gasteiger partial charge >= 0.3 is 6.05 Å². The molecule has 1 aromatic carbocycles. The van der Waals surface area contributed by atoms with Crippen molar-refractivity contribution in [2.75, 3.05) is 17.2 Å². The monoisotopic (exact) mass is 542 g/mol. The molecule has 1 aliphatic rings. The molecule has 0 unspecified atom stereocenters. The summed E-state index contributed by atoms with van der Waals surface area (Å²) in [4.78, 5) is 28.7. The van der Waals surface area contributed by atoms with Crippen LogP contribution in [0.3, 0.4) is 0 Å². The maximum absolute atomic E-state index is 14.2. The number of aliphatic hydroxyl groups excluding tert-OH is 1. The molecule has 0 radical (unpaired) electrons. The number of anilines is 3. The van der Waals surface area contributed by atoms with E-state index in [9.17, 15) is 18.7 Å². The topological polar surface area (TPSA) is 151 Å². The summed E-state index contributed by atoms with van der Waals surface area (Å²) in [5, 5.41) is 22.0. The smallest absolute Gasteiger partial charge is 0.370 e. The van der Waals surface area contributed by atoms with Crippen molar-refractivity contribution in [3.63, 3.8) is 0 Å². The van der Waals surface area contributed by atoms with E-state index >= 15 is 0 Å². The van der Waals surface area contributed by atoms with Crippen molar-refractivity contribution in [3.8, 4) is 22.8 Å². The normalized spacial score (nSPS) is 14.3. The summed E-state index contributed by atoms with van der Waals surface area (Å²) >= 11 is 0. The third-order valence-corrected chi connectivity index (χ3v) is 6.16. The Kier molecular flexibility index (Phi) is 6.32. The standard InChI is InChI=1S/C27H20F2N8O3/c28-27(29)23-17(25(39)36-27)8-9-21(34-23)33-22-11-19(32-20(14-38)15-5-2-1-3-6-15)18(13-31-22)26-35-24(37-40-26)16-7-4-10-30-12-16/h1-13,20,38H,14H2,(H,36,39)(H2,31,32,33,34)/t20-/m1/s1. The Bertz CT molecular complexity index is 1680. The summed E-state index contributed by atoms with van der Waals surface area (Å²) in [6.07, 6.45) is 4.70. The number of rotatable bonds is 8. The zero-order valence-electron chi connectivity index (χ0n) is 20.5. The van der Waals surface area contributed by atoms with E-state index in [2.05, 4.69) is 35.7 Å². The molecule has 0 spiro atoms. The second-order valence-corrected chi connectivity index (χ2v) is 8.82. The summed E-state index contributed by atoms with van der Waals surface area (Å²) < 4.78 is 33.9. The summed E-state index contributed by atoms with van der Waals surface area (Å²) in [5.41, 5.74) is 1.51. The molecule has 5 aromatic rings. The lowest BCUT2D eigenvalue weighted by atomic mass is 10.1. The molecular formula is C27H20F2N8O3. The van der Waals surface area contributed by atoms with Crippen molar-refractivity contribution < 1.29 is 23.2 Å². The highest BCUT2D eigenvalue weighted by atomic mass is 19.3. The average molecular weight is 543 g/mol. The van der Waals surface area contributed by atoms with E-state index < -0.39 is 23.7 Å². The van der Waals surface area contributed by atoms with Crippen molar-refractivity contribution in [2.24, 2.45) is 0 Å². The number of amides is 1. The third kappa shape index (κ3) is 4.80. The van der Waals surface area contributed by atoms with Gasteiger partial charge in [0.15, 0.2) is 0 Å². The van der Waals surface area contributed by atoms with Gasteiger partial charge in [0.05, 0.1) is 29.5 Å². The maximum Gasteiger partial charge on any atom is 0.370 e. The van der Waals surface area contributed by atoms with Crippen molar-refractivity contribution in [2.45, 2.75) is 12.1 Å². The van der Waals surface area contributed by atoms with E-state index in [1.165, 1.54) is 18.3 Å².